The maximum Gasteiger partial charge on any atom is 0.253 e. The molecule has 0 unspecified atom stereocenters. The Balaban J connectivity index is 2.36. The third-order valence-electron chi connectivity index (χ3n) is 2.53. The van der Waals surface area contributed by atoms with Crippen molar-refractivity contribution in [2.24, 2.45) is 0 Å². The van der Waals surface area contributed by atoms with Gasteiger partial charge in [-0.2, -0.15) is 0 Å². The van der Waals surface area contributed by atoms with E-state index in [-0.39, 0.29) is 24.8 Å². The van der Waals surface area contributed by atoms with Gasteiger partial charge in [0.1, 0.15) is 0 Å². The Hall–Kier alpha value is -1.60. The molecule has 1 rings (SSSR count). The highest BCUT2D eigenvalue weighted by atomic mass is 79.9. The molecule has 0 aromatic heterocycles. The number of carbonyl (C=O) groups excluding carboxylic acids is 2. The van der Waals surface area contributed by atoms with Crippen molar-refractivity contribution in [1.82, 2.24) is 10.6 Å². The third-order valence-corrected chi connectivity index (χ3v) is 3.02. The highest BCUT2D eigenvalue weighted by Gasteiger charge is 2.10. The molecule has 2 amide bonds. The number of halogens is 1. The van der Waals surface area contributed by atoms with Crippen molar-refractivity contribution >= 4 is 33.4 Å². The first-order valence-corrected chi connectivity index (χ1v) is 6.92. The maximum absolute atomic E-state index is 11.9. The van der Waals surface area contributed by atoms with Crippen LogP contribution in [-0.2, 0) is 9.53 Å². The molecule has 0 saturated carbocycles. The number of nitrogens with one attached hydrogen (secondary N) is 2. The van der Waals surface area contributed by atoms with E-state index in [1.165, 1.54) is 0 Å². The van der Waals surface area contributed by atoms with Gasteiger partial charge in [-0.05, 0) is 18.2 Å². The zero-order valence-corrected chi connectivity index (χ0v) is 12.8. The van der Waals surface area contributed by atoms with Gasteiger partial charge in [0, 0.05) is 36.8 Å². The number of benzene rings is 1. The Morgan fingerprint density at radius 3 is 2.75 bits per heavy atom. The zero-order chi connectivity index (χ0) is 15.0. The Morgan fingerprint density at radius 1 is 1.30 bits per heavy atom. The summed E-state index contributed by atoms with van der Waals surface area (Å²) < 4.78 is 5.59. The van der Waals surface area contributed by atoms with Crippen molar-refractivity contribution in [3.05, 3.63) is 28.2 Å². The predicted octanol–water partition coefficient (Wildman–Crippen LogP) is 0.914. The van der Waals surface area contributed by atoms with Gasteiger partial charge < -0.3 is 21.1 Å². The lowest BCUT2D eigenvalue weighted by atomic mass is 10.1. The van der Waals surface area contributed by atoms with Crippen molar-refractivity contribution < 1.29 is 14.3 Å². The molecule has 0 aliphatic rings. The van der Waals surface area contributed by atoms with Crippen molar-refractivity contribution in [3.63, 3.8) is 0 Å². The smallest absolute Gasteiger partial charge is 0.253 e. The Morgan fingerprint density at radius 2 is 2.05 bits per heavy atom. The molecule has 0 aliphatic heterocycles. The van der Waals surface area contributed by atoms with Crippen molar-refractivity contribution in [1.29, 1.82) is 0 Å². The third kappa shape index (κ3) is 5.58. The molecular weight excluding hydrogens is 326 g/mol. The quantitative estimate of drug-likeness (QED) is 0.506. The molecule has 1 aromatic carbocycles. The van der Waals surface area contributed by atoms with E-state index in [4.69, 9.17) is 10.5 Å². The molecule has 4 N–H and O–H groups in total. The van der Waals surface area contributed by atoms with Crippen molar-refractivity contribution in [2.45, 2.75) is 6.42 Å². The number of amides is 2. The molecule has 0 radical (unpaired) electrons. The Labute approximate surface area is 126 Å². The Bertz CT molecular complexity index is 480. The van der Waals surface area contributed by atoms with Gasteiger partial charge in [-0.15, -0.1) is 0 Å². The lowest BCUT2D eigenvalue weighted by molar-refractivity contribution is -0.121. The maximum atomic E-state index is 11.9. The molecule has 0 aliphatic carbocycles. The van der Waals surface area contributed by atoms with E-state index in [0.717, 1.165) is 4.47 Å². The number of ether oxygens (including phenoxy) is 1. The highest BCUT2D eigenvalue weighted by Crippen LogP contribution is 2.18. The van der Waals surface area contributed by atoms with Crippen LogP contribution >= 0.6 is 15.9 Å². The van der Waals surface area contributed by atoms with Gasteiger partial charge in [0.05, 0.1) is 12.2 Å². The standard InChI is InChI=1S/C13H18BrN3O3/c1-20-7-6-16-12(18)4-5-17-13(19)10-8-9(14)2-3-11(10)15/h2-3,8H,4-7,15H2,1H3,(H,16,18)(H,17,19). The fourth-order valence-electron chi connectivity index (χ4n) is 1.49. The molecule has 7 heteroatoms. The molecule has 1 aromatic rings. The molecule has 0 atom stereocenters. The largest absolute Gasteiger partial charge is 0.398 e. The van der Waals surface area contributed by atoms with E-state index in [1.807, 2.05) is 0 Å². The molecule has 110 valence electrons. The van der Waals surface area contributed by atoms with Crippen LogP contribution in [-0.4, -0.2) is 38.6 Å². The van der Waals surface area contributed by atoms with Gasteiger partial charge in [-0.3, -0.25) is 9.59 Å². The second-order valence-corrected chi connectivity index (χ2v) is 5.00. The van der Waals surface area contributed by atoms with E-state index in [1.54, 1.807) is 25.3 Å². The molecule has 0 spiro atoms. The molecule has 0 heterocycles. The van der Waals surface area contributed by atoms with Crippen LogP contribution in [0.5, 0.6) is 0 Å². The summed E-state index contributed by atoms with van der Waals surface area (Å²) in [6, 6.07) is 5.05. The number of anilines is 1. The van der Waals surface area contributed by atoms with Gasteiger partial charge in [0.2, 0.25) is 5.91 Å². The molecule has 0 bridgehead atoms. The number of methoxy groups -OCH3 is 1. The van der Waals surface area contributed by atoms with Gasteiger partial charge in [0.15, 0.2) is 0 Å². The number of hydrogen-bond acceptors (Lipinski definition) is 4. The summed E-state index contributed by atoms with van der Waals surface area (Å²) in [6.45, 7) is 1.18. The molecule has 0 saturated heterocycles. The van der Waals surface area contributed by atoms with Crippen LogP contribution < -0.4 is 16.4 Å². The predicted molar refractivity (Wildman–Crippen MR) is 80.4 cm³/mol. The fraction of sp³-hybridized carbons (Fsp3) is 0.385. The normalized spacial score (nSPS) is 10.1. The van der Waals surface area contributed by atoms with Crippen molar-refractivity contribution in [2.75, 3.05) is 32.5 Å². The number of nitrogen functional groups attached to an aromatic ring is 1. The topological polar surface area (TPSA) is 93.5 Å². The highest BCUT2D eigenvalue weighted by molar-refractivity contribution is 9.10. The van der Waals surface area contributed by atoms with Crippen LogP contribution in [0.4, 0.5) is 5.69 Å². The number of nitrogens with two attached hydrogens (primary N) is 1. The summed E-state index contributed by atoms with van der Waals surface area (Å²) in [4.78, 5) is 23.3. The summed E-state index contributed by atoms with van der Waals surface area (Å²) in [7, 11) is 1.56. The average molecular weight is 344 g/mol. The second-order valence-electron chi connectivity index (χ2n) is 4.08. The van der Waals surface area contributed by atoms with Crippen LogP contribution in [0.2, 0.25) is 0 Å². The van der Waals surface area contributed by atoms with Gasteiger partial charge in [-0.1, -0.05) is 15.9 Å². The van der Waals surface area contributed by atoms with Crippen molar-refractivity contribution in [3.8, 4) is 0 Å². The average Bonchev–Trinajstić information content (AvgIpc) is 2.41. The fourth-order valence-corrected chi connectivity index (χ4v) is 1.85. The van der Waals surface area contributed by atoms with Gasteiger partial charge in [0.25, 0.3) is 5.91 Å². The zero-order valence-electron chi connectivity index (χ0n) is 11.2. The van der Waals surface area contributed by atoms with Crippen LogP contribution in [0, 0.1) is 0 Å². The van der Waals surface area contributed by atoms with E-state index in [0.29, 0.717) is 24.4 Å². The minimum atomic E-state index is -0.298. The first-order chi connectivity index (χ1) is 9.54. The summed E-state index contributed by atoms with van der Waals surface area (Å²) >= 11 is 3.28. The summed E-state index contributed by atoms with van der Waals surface area (Å²) in [6.07, 6.45) is 0.212. The lowest BCUT2D eigenvalue weighted by Gasteiger charge is -2.08. The molecular formula is C13H18BrN3O3. The first-order valence-electron chi connectivity index (χ1n) is 6.13. The van der Waals surface area contributed by atoms with Gasteiger partial charge >= 0.3 is 0 Å². The lowest BCUT2D eigenvalue weighted by Crippen LogP contribution is -2.32. The number of rotatable bonds is 7. The number of hydrogen-bond donors (Lipinski definition) is 3. The minimum Gasteiger partial charge on any atom is -0.398 e. The Kier molecular flexibility index (Phi) is 7.03. The molecule has 6 nitrogen and oxygen atoms in total. The second kappa shape index (κ2) is 8.55. The first kappa shape index (κ1) is 16.5. The van der Waals surface area contributed by atoms with Gasteiger partial charge in [-0.25, -0.2) is 0 Å². The van der Waals surface area contributed by atoms with Crippen LogP contribution in [0.1, 0.15) is 16.8 Å². The molecule has 20 heavy (non-hydrogen) atoms. The summed E-state index contributed by atoms with van der Waals surface area (Å²) in [5.41, 5.74) is 6.51. The van der Waals surface area contributed by atoms with E-state index in [2.05, 4.69) is 26.6 Å². The van der Waals surface area contributed by atoms with Crippen LogP contribution in [0.15, 0.2) is 22.7 Å². The van der Waals surface area contributed by atoms with E-state index >= 15 is 0 Å². The van der Waals surface area contributed by atoms with E-state index in [9.17, 15) is 9.59 Å². The monoisotopic (exact) mass is 343 g/mol. The minimum absolute atomic E-state index is 0.135. The number of carbonyl (C=O) groups is 2. The molecule has 0 fully saturated rings. The van der Waals surface area contributed by atoms with Crippen LogP contribution in [0.3, 0.4) is 0 Å². The summed E-state index contributed by atoms with van der Waals surface area (Å²) in [5.74, 6) is -0.432. The van der Waals surface area contributed by atoms with E-state index < -0.39 is 0 Å². The summed E-state index contributed by atoms with van der Waals surface area (Å²) in [5, 5.41) is 5.33. The SMILES string of the molecule is COCCNC(=O)CCNC(=O)c1cc(Br)ccc1N. The van der Waals surface area contributed by atoms with Crippen LogP contribution in [0.25, 0.3) is 0 Å².